The molecule has 1 amide bonds. The van der Waals surface area contributed by atoms with E-state index >= 15 is 0 Å². The van der Waals surface area contributed by atoms with Gasteiger partial charge in [0.1, 0.15) is 0 Å². The first kappa shape index (κ1) is 25.9. The normalized spacial score (nSPS) is 13.2. The lowest BCUT2D eigenvalue weighted by molar-refractivity contribution is 0.0827. The molecule has 1 fully saturated rings. The van der Waals surface area contributed by atoms with Crippen LogP contribution >= 0.6 is 24.0 Å². The van der Waals surface area contributed by atoms with Crippen LogP contribution in [-0.2, 0) is 13.0 Å². The Bertz CT molecular complexity index is 882. The molecule has 1 aromatic heterocycles. The third-order valence-corrected chi connectivity index (χ3v) is 5.01. The number of hydrogen-bond acceptors (Lipinski definition) is 4. The van der Waals surface area contributed by atoms with Crippen molar-refractivity contribution in [2.24, 2.45) is 10.9 Å². The van der Waals surface area contributed by atoms with E-state index < -0.39 is 0 Å². The van der Waals surface area contributed by atoms with Crippen LogP contribution in [0.25, 0.3) is 0 Å². The van der Waals surface area contributed by atoms with Crippen molar-refractivity contribution in [2.75, 3.05) is 33.8 Å². The molecule has 0 radical (unpaired) electrons. The Morgan fingerprint density at radius 2 is 2.00 bits per heavy atom. The summed E-state index contributed by atoms with van der Waals surface area (Å²) in [7, 11) is 3.53. The molecular formula is C24H34IN5O2. The van der Waals surface area contributed by atoms with Crippen LogP contribution in [0.4, 0.5) is 0 Å². The summed E-state index contributed by atoms with van der Waals surface area (Å²) in [5, 5.41) is 6.63. The van der Waals surface area contributed by atoms with E-state index in [1.807, 2.05) is 49.5 Å². The lowest BCUT2D eigenvalue weighted by Crippen LogP contribution is -2.38. The summed E-state index contributed by atoms with van der Waals surface area (Å²) in [6.07, 6.45) is 5.16. The highest BCUT2D eigenvalue weighted by atomic mass is 127. The number of guanidine groups is 1. The quantitative estimate of drug-likeness (QED) is 0.269. The molecule has 174 valence electrons. The van der Waals surface area contributed by atoms with Crippen LogP contribution in [0.1, 0.15) is 41.3 Å². The van der Waals surface area contributed by atoms with E-state index in [1.54, 1.807) is 19.0 Å². The summed E-state index contributed by atoms with van der Waals surface area (Å²) in [5.74, 6) is 2.18. The first-order chi connectivity index (χ1) is 15.0. The standard InChI is InChI=1S/C24H33N5O2.HI/c1-4-25-24(26-13-12-18-6-5-7-21(14-18)23(30)29(2)3)28-16-20-10-11-22(27-15-20)31-17-19-8-9-19;/h5-7,10-11,14-15,19H,4,8-9,12-13,16-17H2,1-3H3,(H2,25,26,28);1H. The zero-order valence-electron chi connectivity index (χ0n) is 19.1. The van der Waals surface area contributed by atoms with Crippen molar-refractivity contribution in [3.8, 4) is 5.88 Å². The molecule has 3 rings (SSSR count). The van der Waals surface area contributed by atoms with Crippen LogP contribution in [0.2, 0.25) is 0 Å². The summed E-state index contributed by atoms with van der Waals surface area (Å²) in [6.45, 7) is 4.85. The van der Waals surface area contributed by atoms with Crippen LogP contribution < -0.4 is 15.4 Å². The Hall–Kier alpha value is -2.36. The number of benzene rings is 1. The zero-order valence-corrected chi connectivity index (χ0v) is 21.5. The molecule has 0 spiro atoms. The number of halogens is 1. The van der Waals surface area contributed by atoms with Crippen molar-refractivity contribution in [1.29, 1.82) is 0 Å². The minimum Gasteiger partial charge on any atom is -0.477 e. The molecular weight excluding hydrogens is 517 g/mol. The van der Waals surface area contributed by atoms with Gasteiger partial charge in [-0.15, -0.1) is 24.0 Å². The van der Waals surface area contributed by atoms with Crippen molar-refractivity contribution >= 4 is 35.8 Å². The van der Waals surface area contributed by atoms with E-state index in [0.29, 0.717) is 18.0 Å². The van der Waals surface area contributed by atoms with Gasteiger partial charge in [-0.2, -0.15) is 0 Å². The van der Waals surface area contributed by atoms with Crippen molar-refractivity contribution in [1.82, 2.24) is 20.5 Å². The minimum absolute atomic E-state index is 0. The maximum atomic E-state index is 12.1. The fourth-order valence-corrected chi connectivity index (χ4v) is 3.03. The van der Waals surface area contributed by atoms with Gasteiger partial charge in [0.05, 0.1) is 13.2 Å². The number of amides is 1. The van der Waals surface area contributed by atoms with Gasteiger partial charge in [-0.05, 0) is 55.4 Å². The molecule has 0 saturated heterocycles. The molecule has 8 heteroatoms. The molecule has 1 aromatic carbocycles. The lowest BCUT2D eigenvalue weighted by Gasteiger charge is -2.13. The smallest absolute Gasteiger partial charge is 0.253 e. The van der Waals surface area contributed by atoms with Gasteiger partial charge in [0.2, 0.25) is 5.88 Å². The SMILES string of the molecule is CCNC(=NCc1ccc(OCC2CC2)nc1)NCCc1cccc(C(=O)N(C)C)c1.I. The van der Waals surface area contributed by atoms with Crippen LogP contribution in [0.5, 0.6) is 5.88 Å². The Kier molecular flexibility index (Phi) is 10.7. The van der Waals surface area contributed by atoms with E-state index in [-0.39, 0.29) is 29.9 Å². The molecule has 1 aliphatic carbocycles. The maximum absolute atomic E-state index is 12.1. The Labute approximate surface area is 208 Å². The largest absolute Gasteiger partial charge is 0.477 e. The van der Waals surface area contributed by atoms with Crippen LogP contribution in [0.3, 0.4) is 0 Å². The van der Waals surface area contributed by atoms with Gasteiger partial charge < -0.3 is 20.3 Å². The topological polar surface area (TPSA) is 78.9 Å². The number of carbonyl (C=O) groups is 1. The molecule has 32 heavy (non-hydrogen) atoms. The van der Waals surface area contributed by atoms with Gasteiger partial charge in [-0.1, -0.05) is 18.2 Å². The number of ether oxygens (including phenoxy) is 1. The second kappa shape index (κ2) is 13.2. The maximum Gasteiger partial charge on any atom is 0.253 e. The van der Waals surface area contributed by atoms with E-state index in [1.165, 1.54) is 12.8 Å². The van der Waals surface area contributed by atoms with Gasteiger partial charge in [0, 0.05) is 45.0 Å². The average molecular weight is 551 g/mol. The van der Waals surface area contributed by atoms with Gasteiger partial charge in [0.25, 0.3) is 5.91 Å². The highest BCUT2D eigenvalue weighted by Crippen LogP contribution is 2.29. The number of nitrogens with zero attached hydrogens (tertiary/aromatic N) is 3. The van der Waals surface area contributed by atoms with Crippen LogP contribution in [0, 0.1) is 5.92 Å². The summed E-state index contributed by atoms with van der Waals surface area (Å²) in [5.41, 5.74) is 2.85. The van der Waals surface area contributed by atoms with Gasteiger partial charge in [0.15, 0.2) is 5.96 Å². The predicted octanol–water partition coefficient (Wildman–Crippen LogP) is 3.49. The molecule has 0 aliphatic heterocycles. The summed E-state index contributed by atoms with van der Waals surface area (Å²) in [4.78, 5) is 22.8. The number of aromatic nitrogens is 1. The van der Waals surface area contributed by atoms with Gasteiger partial charge >= 0.3 is 0 Å². The number of rotatable bonds is 10. The van der Waals surface area contributed by atoms with E-state index in [4.69, 9.17) is 4.74 Å². The van der Waals surface area contributed by atoms with Crippen molar-refractivity contribution < 1.29 is 9.53 Å². The summed E-state index contributed by atoms with van der Waals surface area (Å²) < 4.78 is 5.69. The predicted molar refractivity (Wildman–Crippen MR) is 139 cm³/mol. The van der Waals surface area contributed by atoms with Crippen molar-refractivity contribution in [2.45, 2.75) is 32.7 Å². The summed E-state index contributed by atoms with van der Waals surface area (Å²) >= 11 is 0. The van der Waals surface area contributed by atoms with Crippen molar-refractivity contribution in [3.05, 3.63) is 59.3 Å². The van der Waals surface area contributed by atoms with Crippen LogP contribution in [-0.4, -0.2) is 55.5 Å². The molecule has 7 nitrogen and oxygen atoms in total. The summed E-state index contributed by atoms with van der Waals surface area (Å²) in [6, 6.07) is 11.7. The number of nitrogens with one attached hydrogen (secondary N) is 2. The second-order valence-corrected chi connectivity index (χ2v) is 8.03. The molecule has 1 aliphatic rings. The Balaban J connectivity index is 0.00000363. The lowest BCUT2D eigenvalue weighted by atomic mass is 10.1. The fourth-order valence-electron chi connectivity index (χ4n) is 3.03. The highest BCUT2D eigenvalue weighted by molar-refractivity contribution is 14.0. The molecule has 2 aromatic rings. The van der Waals surface area contributed by atoms with Gasteiger partial charge in [-0.3, -0.25) is 4.79 Å². The number of aliphatic imine (C=N–C) groups is 1. The first-order valence-electron chi connectivity index (χ1n) is 11.0. The number of hydrogen-bond donors (Lipinski definition) is 2. The first-order valence-corrected chi connectivity index (χ1v) is 11.0. The molecule has 0 bridgehead atoms. The monoisotopic (exact) mass is 551 g/mol. The molecule has 0 atom stereocenters. The molecule has 1 saturated carbocycles. The number of carbonyl (C=O) groups excluding carboxylic acids is 1. The fraction of sp³-hybridized carbons (Fsp3) is 0.458. The zero-order chi connectivity index (χ0) is 22.1. The highest BCUT2D eigenvalue weighted by Gasteiger charge is 2.22. The average Bonchev–Trinajstić information content (AvgIpc) is 3.61. The third-order valence-electron chi connectivity index (χ3n) is 5.01. The molecule has 0 unspecified atom stereocenters. The van der Waals surface area contributed by atoms with Crippen LogP contribution in [0.15, 0.2) is 47.6 Å². The molecule has 2 N–H and O–H groups in total. The molecule has 1 heterocycles. The Morgan fingerprint density at radius 3 is 2.66 bits per heavy atom. The number of pyridine rings is 1. The second-order valence-electron chi connectivity index (χ2n) is 8.03. The Morgan fingerprint density at radius 1 is 1.19 bits per heavy atom. The van der Waals surface area contributed by atoms with E-state index in [0.717, 1.165) is 49.1 Å². The van der Waals surface area contributed by atoms with E-state index in [2.05, 4.69) is 20.6 Å². The van der Waals surface area contributed by atoms with E-state index in [9.17, 15) is 4.79 Å². The third kappa shape index (κ3) is 8.64. The minimum atomic E-state index is 0. The van der Waals surface area contributed by atoms with Gasteiger partial charge in [-0.25, -0.2) is 9.98 Å². The van der Waals surface area contributed by atoms with Crippen molar-refractivity contribution in [3.63, 3.8) is 0 Å².